The van der Waals surface area contributed by atoms with Crippen LogP contribution >= 0.6 is 0 Å². The number of carbonyl (C=O) groups is 1. The summed E-state index contributed by atoms with van der Waals surface area (Å²) in [6.45, 7) is 1.39. The van der Waals surface area contributed by atoms with Crippen molar-refractivity contribution in [3.63, 3.8) is 0 Å². The van der Waals surface area contributed by atoms with Crippen LogP contribution in [0.3, 0.4) is 0 Å². The van der Waals surface area contributed by atoms with Crippen LogP contribution in [-0.4, -0.2) is 57.3 Å². The number of hydrogen-bond donors (Lipinski definition) is 4. The molecule has 2 fully saturated rings. The number of carbonyl (C=O) groups excluding carboxylic acids is 1. The summed E-state index contributed by atoms with van der Waals surface area (Å²) in [7, 11) is -2.37. The number of aliphatic hydroxyl groups is 3. The Morgan fingerprint density at radius 2 is 1.76 bits per heavy atom. The molecule has 4 N–H and O–H groups in total. The maximum absolute atomic E-state index is 13.4. The number of rotatable bonds is 6. The summed E-state index contributed by atoms with van der Waals surface area (Å²) >= 11 is 0. The molecule has 0 unspecified atom stereocenters. The number of aliphatic hydroxyl groups excluding tert-OH is 2. The summed E-state index contributed by atoms with van der Waals surface area (Å²) < 4.78 is 54.7. The number of aromatic nitrogens is 1. The van der Waals surface area contributed by atoms with Crippen molar-refractivity contribution >= 4 is 21.4 Å². The fourth-order valence-electron chi connectivity index (χ4n) is 5.54. The van der Waals surface area contributed by atoms with Crippen molar-refractivity contribution in [1.29, 1.82) is 0 Å². The van der Waals surface area contributed by atoms with Crippen LogP contribution < -0.4 is 5.32 Å². The summed E-state index contributed by atoms with van der Waals surface area (Å²) in [5.74, 6) is -3.82. The largest absolute Gasteiger partial charge is 0.391 e. The van der Waals surface area contributed by atoms with Crippen molar-refractivity contribution in [2.45, 2.75) is 60.6 Å². The van der Waals surface area contributed by atoms with E-state index in [1.807, 2.05) is 0 Å². The first-order valence-corrected chi connectivity index (χ1v) is 12.7. The molecule has 186 valence electrons. The first-order valence-electron chi connectivity index (χ1n) is 11.1. The van der Waals surface area contributed by atoms with Gasteiger partial charge in [0.25, 0.3) is 5.91 Å². The normalized spacial score (nSPS) is 28.5. The minimum Gasteiger partial charge on any atom is -0.391 e. The molecule has 1 aromatic carbocycles. The van der Waals surface area contributed by atoms with Crippen molar-refractivity contribution < 1.29 is 37.3 Å². The van der Waals surface area contributed by atoms with Crippen LogP contribution in [0.2, 0.25) is 0 Å². The molecule has 0 saturated heterocycles. The SMILES string of the molecule is C[C@H](O)[C@@H](O)[C@@]1(O)[C@@H]2CC[C@H]1C[C@H](S(=O)(=O)c1cc(C(=O)Nc3ccc(F)c(F)c3)n(C)c1)C2. The molecule has 2 aromatic rings. The summed E-state index contributed by atoms with van der Waals surface area (Å²) in [6, 6.07) is 4.13. The first-order chi connectivity index (χ1) is 15.9. The highest BCUT2D eigenvalue weighted by molar-refractivity contribution is 7.92. The van der Waals surface area contributed by atoms with E-state index in [9.17, 15) is 37.3 Å². The number of aryl methyl sites for hydroxylation is 1. The van der Waals surface area contributed by atoms with Crippen LogP contribution in [0.5, 0.6) is 0 Å². The Balaban J connectivity index is 1.55. The van der Waals surface area contributed by atoms with Gasteiger partial charge >= 0.3 is 0 Å². The molecule has 34 heavy (non-hydrogen) atoms. The number of anilines is 1. The molecule has 2 aliphatic rings. The van der Waals surface area contributed by atoms with Gasteiger partial charge in [-0.2, -0.15) is 0 Å². The summed E-state index contributed by atoms with van der Waals surface area (Å²) in [4.78, 5) is 12.6. The van der Waals surface area contributed by atoms with Crippen LogP contribution in [0, 0.1) is 23.5 Å². The van der Waals surface area contributed by atoms with E-state index >= 15 is 0 Å². The zero-order valence-corrected chi connectivity index (χ0v) is 19.6. The highest BCUT2D eigenvalue weighted by Crippen LogP contribution is 2.53. The number of fused-ring (bicyclic) bond motifs is 2. The van der Waals surface area contributed by atoms with E-state index in [0.717, 1.165) is 12.1 Å². The van der Waals surface area contributed by atoms with E-state index in [0.29, 0.717) is 12.8 Å². The van der Waals surface area contributed by atoms with Gasteiger partial charge in [-0.05, 0) is 62.6 Å². The minimum absolute atomic E-state index is 0.0168. The molecule has 2 aliphatic carbocycles. The highest BCUT2D eigenvalue weighted by Gasteiger charge is 2.59. The predicted octanol–water partition coefficient (Wildman–Crippen LogP) is 1.99. The average molecular weight is 499 g/mol. The molecular formula is C23H28F2N2O6S. The molecule has 1 amide bonds. The van der Waals surface area contributed by atoms with Gasteiger partial charge in [0.2, 0.25) is 0 Å². The maximum Gasteiger partial charge on any atom is 0.272 e. The molecule has 2 saturated carbocycles. The topological polar surface area (TPSA) is 129 Å². The summed E-state index contributed by atoms with van der Waals surface area (Å²) in [5.41, 5.74) is -1.50. The predicted molar refractivity (Wildman–Crippen MR) is 119 cm³/mol. The van der Waals surface area contributed by atoms with Gasteiger partial charge in [0.05, 0.1) is 21.9 Å². The molecule has 11 heteroatoms. The van der Waals surface area contributed by atoms with E-state index in [1.165, 1.54) is 36.9 Å². The van der Waals surface area contributed by atoms with E-state index in [1.54, 1.807) is 0 Å². The third-order valence-electron chi connectivity index (χ3n) is 7.35. The maximum atomic E-state index is 13.4. The molecule has 6 atom stereocenters. The number of nitrogens with one attached hydrogen (secondary N) is 1. The average Bonchev–Trinajstić information content (AvgIpc) is 3.21. The van der Waals surface area contributed by atoms with Crippen LogP contribution in [0.15, 0.2) is 35.4 Å². The second kappa shape index (κ2) is 8.71. The summed E-state index contributed by atoms with van der Waals surface area (Å²) in [6.07, 6.45) is 0.168. The monoisotopic (exact) mass is 498 g/mol. The Morgan fingerprint density at radius 3 is 2.32 bits per heavy atom. The lowest BCUT2D eigenvalue weighted by Gasteiger charge is -2.46. The molecule has 8 nitrogen and oxygen atoms in total. The lowest BCUT2D eigenvalue weighted by molar-refractivity contribution is -0.172. The molecular weight excluding hydrogens is 470 g/mol. The van der Waals surface area contributed by atoms with Gasteiger partial charge in [0.1, 0.15) is 11.8 Å². The lowest BCUT2D eigenvalue weighted by Crippen LogP contribution is -2.58. The number of nitrogens with zero attached hydrogens (tertiary/aromatic N) is 1. The van der Waals surface area contributed by atoms with Gasteiger partial charge in [-0.25, -0.2) is 17.2 Å². The Hall–Kier alpha value is -2.34. The van der Waals surface area contributed by atoms with Crippen LogP contribution in [0.25, 0.3) is 0 Å². The van der Waals surface area contributed by atoms with Crippen LogP contribution in [0.1, 0.15) is 43.1 Å². The lowest BCUT2D eigenvalue weighted by atomic mass is 9.70. The fourth-order valence-corrected chi connectivity index (χ4v) is 7.48. The Bertz CT molecular complexity index is 1200. The van der Waals surface area contributed by atoms with Gasteiger partial charge in [-0.15, -0.1) is 0 Å². The third kappa shape index (κ3) is 4.04. The van der Waals surface area contributed by atoms with E-state index in [4.69, 9.17) is 0 Å². The second-order valence-electron chi connectivity index (χ2n) is 9.44. The van der Waals surface area contributed by atoms with Crippen LogP contribution in [-0.2, 0) is 16.9 Å². The zero-order valence-electron chi connectivity index (χ0n) is 18.8. The van der Waals surface area contributed by atoms with Crippen molar-refractivity contribution in [3.05, 3.63) is 47.8 Å². The number of hydrogen-bond acceptors (Lipinski definition) is 6. The molecule has 0 spiro atoms. The number of amides is 1. The fraction of sp³-hybridized carbons (Fsp3) is 0.522. The number of sulfone groups is 1. The summed E-state index contributed by atoms with van der Waals surface area (Å²) in [5, 5.41) is 33.0. The van der Waals surface area contributed by atoms with Crippen LogP contribution in [0.4, 0.5) is 14.5 Å². The number of benzene rings is 1. The quantitative estimate of drug-likeness (QED) is 0.482. The van der Waals surface area contributed by atoms with Crippen molar-refractivity contribution in [1.82, 2.24) is 4.57 Å². The Kier molecular flexibility index (Phi) is 6.34. The molecule has 1 aromatic heterocycles. The third-order valence-corrected chi connectivity index (χ3v) is 9.50. The van der Waals surface area contributed by atoms with E-state index in [2.05, 4.69) is 5.32 Å². The molecule has 2 bridgehead atoms. The Labute approximate surface area is 196 Å². The molecule has 1 heterocycles. The zero-order chi connectivity index (χ0) is 25.0. The van der Waals surface area contributed by atoms with Crippen molar-refractivity contribution in [2.24, 2.45) is 18.9 Å². The van der Waals surface area contributed by atoms with Gasteiger partial charge in [0, 0.05) is 25.0 Å². The first kappa shape index (κ1) is 24.8. The Morgan fingerprint density at radius 1 is 1.15 bits per heavy atom. The van der Waals surface area contributed by atoms with E-state index < -0.39 is 62.3 Å². The van der Waals surface area contributed by atoms with Gasteiger partial charge in [-0.1, -0.05) is 0 Å². The van der Waals surface area contributed by atoms with Gasteiger partial charge < -0.3 is 25.2 Å². The molecule has 0 aliphatic heterocycles. The standard InChI is InChI=1S/C23H28F2N2O6S/c1-12(28)21(29)23(31)13-3-4-14(23)8-16(7-13)34(32,33)17-10-20(27(2)11-17)22(30)26-15-5-6-18(24)19(25)9-15/h5-6,9-14,16,21,28-29,31H,3-4,7-8H2,1-2H3,(H,26,30)/t12-,13-,14+,16-,21+,23-/m0/s1. The van der Waals surface area contributed by atoms with Gasteiger partial charge in [0.15, 0.2) is 21.5 Å². The molecule has 4 rings (SSSR count). The number of halogens is 2. The highest BCUT2D eigenvalue weighted by atomic mass is 32.2. The van der Waals surface area contributed by atoms with E-state index in [-0.39, 0.29) is 29.1 Å². The van der Waals surface area contributed by atoms with Crippen molar-refractivity contribution in [3.8, 4) is 0 Å². The van der Waals surface area contributed by atoms with Gasteiger partial charge in [-0.3, -0.25) is 4.79 Å². The minimum atomic E-state index is -3.87. The second-order valence-corrected chi connectivity index (χ2v) is 11.7. The van der Waals surface area contributed by atoms with Crippen molar-refractivity contribution in [2.75, 3.05) is 5.32 Å². The smallest absolute Gasteiger partial charge is 0.272 e. The molecule has 0 radical (unpaired) electrons.